The molecule has 1 fully saturated rings. The molecule has 0 radical (unpaired) electrons. The van der Waals surface area contributed by atoms with Gasteiger partial charge >= 0.3 is 0 Å². The third-order valence-corrected chi connectivity index (χ3v) is 4.75. The van der Waals surface area contributed by atoms with Crippen molar-refractivity contribution < 1.29 is 4.79 Å². The third-order valence-electron chi connectivity index (χ3n) is 4.49. The molecule has 0 aliphatic carbocycles. The lowest BCUT2D eigenvalue weighted by molar-refractivity contribution is 0.0761. The Balaban J connectivity index is 1.59. The van der Waals surface area contributed by atoms with Gasteiger partial charge in [0.2, 0.25) is 0 Å². The predicted octanol–water partition coefficient (Wildman–Crippen LogP) is 4.00. The smallest absolute Gasteiger partial charge is 0.253 e. The van der Waals surface area contributed by atoms with Crippen LogP contribution in [0.4, 0.5) is 0 Å². The summed E-state index contributed by atoms with van der Waals surface area (Å²) in [6.07, 6.45) is 1.01. The largest absolute Gasteiger partial charge is 0.337 e. The first kappa shape index (κ1) is 17.0. The van der Waals surface area contributed by atoms with E-state index in [0.717, 1.165) is 39.1 Å². The molecule has 1 aliphatic rings. The van der Waals surface area contributed by atoms with Crippen LogP contribution in [0.3, 0.4) is 0 Å². The first-order chi connectivity index (χ1) is 11.6. The normalized spacial score (nSPS) is 16.0. The Morgan fingerprint density at radius 1 is 0.958 bits per heavy atom. The van der Waals surface area contributed by atoms with Crippen molar-refractivity contribution in [3.05, 3.63) is 70.2 Å². The van der Waals surface area contributed by atoms with Crippen LogP contribution in [-0.2, 0) is 6.54 Å². The fraction of sp³-hybridized carbons (Fsp3) is 0.350. The highest BCUT2D eigenvalue weighted by molar-refractivity contribution is 6.30. The van der Waals surface area contributed by atoms with Crippen molar-refractivity contribution >= 4 is 17.5 Å². The lowest BCUT2D eigenvalue weighted by Gasteiger charge is -2.22. The van der Waals surface area contributed by atoms with Gasteiger partial charge in [0.05, 0.1) is 0 Å². The maximum absolute atomic E-state index is 12.6. The SMILES string of the molecule is Cc1ccc(CN2CCCN(C(=O)c3ccc(Cl)cc3)CC2)cc1. The highest BCUT2D eigenvalue weighted by atomic mass is 35.5. The predicted molar refractivity (Wildman–Crippen MR) is 98.4 cm³/mol. The highest BCUT2D eigenvalue weighted by Crippen LogP contribution is 2.14. The number of halogens is 1. The van der Waals surface area contributed by atoms with Crippen molar-refractivity contribution in [2.45, 2.75) is 19.9 Å². The van der Waals surface area contributed by atoms with Gasteiger partial charge in [0.15, 0.2) is 0 Å². The van der Waals surface area contributed by atoms with E-state index in [1.807, 2.05) is 4.90 Å². The molecule has 1 amide bonds. The van der Waals surface area contributed by atoms with E-state index in [9.17, 15) is 4.79 Å². The summed E-state index contributed by atoms with van der Waals surface area (Å²) in [5.41, 5.74) is 3.33. The van der Waals surface area contributed by atoms with Gasteiger partial charge in [-0.1, -0.05) is 41.4 Å². The number of amides is 1. The first-order valence-electron chi connectivity index (χ1n) is 8.44. The number of rotatable bonds is 3. The van der Waals surface area contributed by atoms with E-state index in [-0.39, 0.29) is 5.91 Å². The van der Waals surface area contributed by atoms with Gasteiger partial charge in [0.1, 0.15) is 0 Å². The van der Waals surface area contributed by atoms with Gasteiger partial charge in [-0.25, -0.2) is 0 Å². The Morgan fingerprint density at radius 3 is 2.38 bits per heavy atom. The van der Waals surface area contributed by atoms with E-state index in [1.165, 1.54) is 11.1 Å². The van der Waals surface area contributed by atoms with Gasteiger partial charge in [-0.05, 0) is 43.2 Å². The van der Waals surface area contributed by atoms with E-state index in [2.05, 4.69) is 36.1 Å². The summed E-state index contributed by atoms with van der Waals surface area (Å²) in [6, 6.07) is 15.9. The Kier molecular flexibility index (Phi) is 5.54. The van der Waals surface area contributed by atoms with Crippen molar-refractivity contribution in [2.75, 3.05) is 26.2 Å². The number of hydrogen-bond acceptors (Lipinski definition) is 2. The number of carbonyl (C=O) groups excluding carboxylic acids is 1. The Hall–Kier alpha value is -1.84. The highest BCUT2D eigenvalue weighted by Gasteiger charge is 2.20. The molecule has 0 N–H and O–H groups in total. The Labute approximate surface area is 148 Å². The molecule has 0 unspecified atom stereocenters. The summed E-state index contributed by atoms with van der Waals surface area (Å²) < 4.78 is 0. The van der Waals surface area contributed by atoms with Gasteiger partial charge in [0.25, 0.3) is 5.91 Å². The molecule has 3 rings (SSSR count). The summed E-state index contributed by atoms with van der Waals surface area (Å²) in [5, 5.41) is 0.659. The lowest BCUT2D eigenvalue weighted by Crippen LogP contribution is -2.35. The zero-order valence-electron chi connectivity index (χ0n) is 14.0. The number of nitrogens with zero attached hydrogens (tertiary/aromatic N) is 2. The van der Waals surface area contributed by atoms with Crippen LogP contribution >= 0.6 is 11.6 Å². The van der Waals surface area contributed by atoms with E-state index < -0.39 is 0 Å². The van der Waals surface area contributed by atoms with Crippen LogP contribution in [0, 0.1) is 6.92 Å². The maximum atomic E-state index is 12.6. The minimum Gasteiger partial charge on any atom is -0.337 e. The molecule has 2 aromatic rings. The number of carbonyl (C=O) groups is 1. The number of aryl methyl sites for hydroxylation is 1. The summed E-state index contributed by atoms with van der Waals surface area (Å²) in [5.74, 6) is 0.101. The molecular formula is C20H23ClN2O. The van der Waals surface area contributed by atoms with Crippen molar-refractivity contribution in [1.82, 2.24) is 9.80 Å². The lowest BCUT2D eigenvalue weighted by atomic mass is 10.1. The fourth-order valence-corrected chi connectivity index (χ4v) is 3.18. The maximum Gasteiger partial charge on any atom is 0.253 e. The van der Waals surface area contributed by atoms with Crippen molar-refractivity contribution in [3.63, 3.8) is 0 Å². The molecule has 4 heteroatoms. The monoisotopic (exact) mass is 342 g/mol. The Morgan fingerprint density at radius 2 is 1.67 bits per heavy atom. The molecule has 0 aromatic heterocycles. The van der Waals surface area contributed by atoms with Crippen LogP contribution in [0.5, 0.6) is 0 Å². The molecule has 3 nitrogen and oxygen atoms in total. The quantitative estimate of drug-likeness (QED) is 0.841. The van der Waals surface area contributed by atoms with Crippen LogP contribution in [0.1, 0.15) is 27.9 Å². The second kappa shape index (κ2) is 7.82. The molecule has 1 aliphatic heterocycles. The minimum absolute atomic E-state index is 0.101. The van der Waals surface area contributed by atoms with Crippen molar-refractivity contribution in [1.29, 1.82) is 0 Å². The molecule has 24 heavy (non-hydrogen) atoms. The van der Waals surface area contributed by atoms with Crippen LogP contribution in [-0.4, -0.2) is 41.9 Å². The number of benzene rings is 2. The van der Waals surface area contributed by atoms with Crippen LogP contribution in [0.25, 0.3) is 0 Å². The third kappa shape index (κ3) is 4.37. The van der Waals surface area contributed by atoms with Crippen molar-refractivity contribution in [2.24, 2.45) is 0 Å². The summed E-state index contributed by atoms with van der Waals surface area (Å²) in [7, 11) is 0. The standard InChI is InChI=1S/C20H23ClN2O/c1-16-3-5-17(6-4-16)15-22-11-2-12-23(14-13-22)20(24)18-7-9-19(21)10-8-18/h3-10H,2,11-15H2,1H3. The second-order valence-corrected chi connectivity index (χ2v) is 6.85. The van der Waals surface area contributed by atoms with E-state index in [1.54, 1.807) is 24.3 Å². The fourth-order valence-electron chi connectivity index (χ4n) is 3.06. The van der Waals surface area contributed by atoms with Gasteiger partial charge < -0.3 is 4.90 Å². The molecule has 0 atom stereocenters. The van der Waals surface area contributed by atoms with E-state index in [0.29, 0.717) is 10.6 Å². The van der Waals surface area contributed by atoms with Crippen LogP contribution in [0.15, 0.2) is 48.5 Å². The minimum atomic E-state index is 0.101. The molecule has 0 bridgehead atoms. The van der Waals surface area contributed by atoms with Crippen molar-refractivity contribution in [3.8, 4) is 0 Å². The molecular weight excluding hydrogens is 320 g/mol. The summed E-state index contributed by atoms with van der Waals surface area (Å²) >= 11 is 5.90. The summed E-state index contributed by atoms with van der Waals surface area (Å²) in [4.78, 5) is 17.0. The average Bonchev–Trinajstić information content (AvgIpc) is 2.83. The van der Waals surface area contributed by atoms with Crippen LogP contribution < -0.4 is 0 Å². The average molecular weight is 343 g/mol. The van der Waals surface area contributed by atoms with Crippen LogP contribution in [0.2, 0.25) is 5.02 Å². The van der Waals surface area contributed by atoms with Gasteiger partial charge in [-0.3, -0.25) is 9.69 Å². The molecule has 2 aromatic carbocycles. The topological polar surface area (TPSA) is 23.6 Å². The molecule has 0 spiro atoms. The molecule has 0 saturated carbocycles. The first-order valence-corrected chi connectivity index (χ1v) is 8.82. The van der Waals surface area contributed by atoms with Gasteiger partial charge in [-0.15, -0.1) is 0 Å². The van der Waals surface area contributed by atoms with Gasteiger partial charge in [0, 0.05) is 43.3 Å². The molecule has 126 valence electrons. The molecule has 1 saturated heterocycles. The Bertz CT molecular complexity index is 682. The second-order valence-electron chi connectivity index (χ2n) is 6.41. The van der Waals surface area contributed by atoms with E-state index >= 15 is 0 Å². The zero-order valence-corrected chi connectivity index (χ0v) is 14.8. The zero-order chi connectivity index (χ0) is 16.9. The molecule has 1 heterocycles. The summed E-state index contributed by atoms with van der Waals surface area (Å²) in [6.45, 7) is 6.57. The number of hydrogen-bond donors (Lipinski definition) is 0. The van der Waals surface area contributed by atoms with E-state index in [4.69, 9.17) is 11.6 Å². The van der Waals surface area contributed by atoms with Gasteiger partial charge in [-0.2, -0.15) is 0 Å².